The van der Waals surface area contributed by atoms with Gasteiger partial charge in [0.1, 0.15) is 0 Å². The van der Waals surface area contributed by atoms with Crippen LogP contribution in [0.25, 0.3) is 0 Å². The molecule has 1 N–H and O–H groups in total. The Labute approximate surface area is 79.1 Å². The van der Waals surface area contributed by atoms with Crippen LogP contribution in [0.3, 0.4) is 0 Å². The molecule has 0 bridgehead atoms. The molecule has 0 aliphatic carbocycles. The van der Waals surface area contributed by atoms with E-state index in [0.717, 1.165) is 0 Å². The minimum Gasteiger partial charge on any atom is -0.394 e. The summed E-state index contributed by atoms with van der Waals surface area (Å²) in [6.45, 7) is 4.17. The molecule has 80 valence electrons. The summed E-state index contributed by atoms with van der Waals surface area (Å²) in [4.78, 5) is 10.5. The number of esters is 1. The van der Waals surface area contributed by atoms with Crippen molar-refractivity contribution in [2.75, 3.05) is 6.61 Å². The van der Waals surface area contributed by atoms with Gasteiger partial charge in [0, 0.05) is 13.5 Å². The summed E-state index contributed by atoms with van der Waals surface area (Å²) >= 11 is 0. The van der Waals surface area contributed by atoms with Crippen molar-refractivity contribution in [3.63, 3.8) is 0 Å². The number of ether oxygens (including phenoxy) is 1. The second-order valence-corrected chi connectivity index (χ2v) is 3.84. The van der Waals surface area contributed by atoms with Gasteiger partial charge in [-0.2, -0.15) is 22.0 Å². The van der Waals surface area contributed by atoms with E-state index in [1.54, 1.807) is 0 Å². The molecule has 8 heteroatoms. The van der Waals surface area contributed by atoms with E-state index >= 15 is 0 Å². The van der Waals surface area contributed by atoms with Crippen molar-refractivity contribution in [3.8, 4) is 0 Å². The van der Waals surface area contributed by atoms with Crippen LogP contribution in [0.1, 0.15) is 0 Å². The molecule has 0 radical (unpaired) electrons. The molecule has 0 amide bonds. The number of alkyl halides is 2. The zero-order chi connectivity index (χ0) is 11.6. The highest BCUT2D eigenvalue weighted by Crippen LogP contribution is 2.20. The highest BCUT2D eigenvalue weighted by Gasteiger charge is 2.46. The molecule has 0 spiro atoms. The van der Waals surface area contributed by atoms with Crippen LogP contribution in [-0.2, 0) is 19.6 Å². The number of hydrogen-bond acceptors (Lipinski definition) is 4. The molecule has 0 atom stereocenters. The van der Waals surface area contributed by atoms with Gasteiger partial charge in [-0.15, -0.1) is 0 Å². The van der Waals surface area contributed by atoms with Crippen molar-refractivity contribution in [1.82, 2.24) is 0 Å². The van der Waals surface area contributed by atoms with Gasteiger partial charge in [0.25, 0.3) is 0 Å². The maximum absolute atomic E-state index is 12.4. The van der Waals surface area contributed by atoms with Crippen molar-refractivity contribution >= 4 is 16.1 Å². The topological polar surface area (TPSA) is 80.7 Å². The predicted octanol–water partition coefficient (Wildman–Crippen LogP) is 0.400. The average molecular weight is 229 g/mol. The first kappa shape index (κ1) is 12.8. The van der Waals surface area contributed by atoms with Gasteiger partial charge in [-0.1, -0.05) is 0 Å². The lowest BCUT2D eigenvalue weighted by Gasteiger charge is -2.10. The first-order chi connectivity index (χ1) is 6.08. The standard InChI is InChI=1S/C6H6F2O5S/c1-4(2)5(9)13-3-6(7,8)14(10,11)12/h1-3H2/p+1. The molecular formula is C6H7F2O5S+. The van der Waals surface area contributed by atoms with Crippen LogP contribution in [0, 0.1) is 6.92 Å². The largest absolute Gasteiger partial charge is 0.449 e. The highest BCUT2D eigenvalue weighted by molar-refractivity contribution is 7.86. The third-order valence-corrected chi connectivity index (χ3v) is 1.91. The number of halogens is 2. The van der Waals surface area contributed by atoms with E-state index in [2.05, 4.69) is 18.2 Å². The zero-order valence-electron chi connectivity index (χ0n) is 6.87. The van der Waals surface area contributed by atoms with E-state index in [0.29, 0.717) is 0 Å². The Hall–Kier alpha value is -1.15. The van der Waals surface area contributed by atoms with Gasteiger partial charge in [-0.05, 0) is 0 Å². The molecule has 0 aliphatic rings. The van der Waals surface area contributed by atoms with Gasteiger partial charge in [-0.25, -0.2) is 0 Å². The first-order valence-electron chi connectivity index (χ1n) is 3.11. The van der Waals surface area contributed by atoms with E-state index in [1.807, 2.05) is 0 Å². The lowest BCUT2D eigenvalue weighted by atomic mass is 10.4. The molecule has 0 heterocycles. The Morgan fingerprint density at radius 1 is 1.57 bits per heavy atom. The van der Waals surface area contributed by atoms with E-state index in [-0.39, 0.29) is 0 Å². The van der Waals surface area contributed by atoms with Crippen molar-refractivity contribution in [1.29, 1.82) is 0 Å². The maximum Gasteiger partial charge on any atom is 0.449 e. The third kappa shape index (κ3) is 3.30. The zero-order valence-corrected chi connectivity index (χ0v) is 7.68. The number of rotatable bonds is 4. The van der Waals surface area contributed by atoms with Crippen molar-refractivity contribution < 1.29 is 31.3 Å². The lowest BCUT2D eigenvalue weighted by Crippen LogP contribution is -2.34. The number of hydrogen-bond donors (Lipinski definition) is 1. The van der Waals surface area contributed by atoms with E-state index in [1.165, 1.54) is 0 Å². The summed E-state index contributed by atoms with van der Waals surface area (Å²) in [6.07, 6.45) is 0. The SMILES string of the molecule is C=C([CH2+])C(=O)OCC(F)(F)S(=O)(=O)O. The molecule has 5 nitrogen and oxygen atoms in total. The molecule has 14 heavy (non-hydrogen) atoms. The fourth-order valence-corrected chi connectivity index (χ4v) is 0.534. The van der Waals surface area contributed by atoms with Gasteiger partial charge in [-0.3, -0.25) is 4.55 Å². The lowest BCUT2D eigenvalue weighted by molar-refractivity contribution is -0.144. The van der Waals surface area contributed by atoms with Crippen LogP contribution >= 0.6 is 0 Å². The Balaban J connectivity index is 4.42. The van der Waals surface area contributed by atoms with Crippen molar-refractivity contribution in [2.24, 2.45) is 0 Å². The van der Waals surface area contributed by atoms with Crippen LogP contribution in [0.5, 0.6) is 0 Å². The van der Waals surface area contributed by atoms with Crippen LogP contribution in [0.4, 0.5) is 8.78 Å². The smallest absolute Gasteiger partial charge is 0.394 e. The fraction of sp³-hybridized carbons (Fsp3) is 0.333. The summed E-state index contributed by atoms with van der Waals surface area (Å²) in [6, 6.07) is 0. The quantitative estimate of drug-likeness (QED) is 0.326. The maximum atomic E-state index is 12.4. The molecular weight excluding hydrogens is 222 g/mol. The van der Waals surface area contributed by atoms with Gasteiger partial charge in [0.15, 0.2) is 6.61 Å². The summed E-state index contributed by atoms with van der Waals surface area (Å²) in [5.41, 5.74) is -0.406. The van der Waals surface area contributed by atoms with Gasteiger partial charge in [0.2, 0.25) is 5.57 Å². The van der Waals surface area contributed by atoms with E-state index in [4.69, 9.17) is 4.55 Å². The van der Waals surface area contributed by atoms with Gasteiger partial charge in [0.05, 0.1) is 0 Å². The Morgan fingerprint density at radius 3 is 2.29 bits per heavy atom. The Kier molecular flexibility index (Phi) is 3.60. The summed E-state index contributed by atoms with van der Waals surface area (Å²) in [5, 5.41) is -4.53. The normalized spacial score (nSPS) is 12.2. The van der Waals surface area contributed by atoms with Gasteiger partial charge >= 0.3 is 21.3 Å². The van der Waals surface area contributed by atoms with Crippen molar-refractivity contribution in [2.45, 2.75) is 5.25 Å². The molecule has 0 unspecified atom stereocenters. The second-order valence-electron chi connectivity index (χ2n) is 2.29. The monoisotopic (exact) mass is 229 g/mol. The summed E-state index contributed by atoms with van der Waals surface area (Å²) in [5.74, 6) is -1.27. The highest BCUT2D eigenvalue weighted by atomic mass is 32.2. The molecule has 0 aromatic heterocycles. The third-order valence-electron chi connectivity index (χ3n) is 1.04. The van der Waals surface area contributed by atoms with Crippen LogP contribution in [0.15, 0.2) is 12.2 Å². The van der Waals surface area contributed by atoms with Crippen LogP contribution in [-0.4, -0.2) is 30.8 Å². The summed E-state index contributed by atoms with van der Waals surface area (Å²) < 4.78 is 56.6. The summed E-state index contributed by atoms with van der Waals surface area (Å²) in [7, 11) is -5.58. The van der Waals surface area contributed by atoms with Crippen LogP contribution < -0.4 is 0 Å². The van der Waals surface area contributed by atoms with Gasteiger partial charge < -0.3 is 4.74 Å². The fourth-order valence-electron chi connectivity index (χ4n) is 0.326. The molecule has 0 rings (SSSR count). The molecule has 0 aromatic carbocycles. The minimum atomic E-state index is -5.58. The molecule has 0 aliphatic heterocycles. The molecule has 0 aromatic rings. The van der Waals surface area contributed by atoms with E-state index in [9.17, 15) is 22.0 Å². The average Bonchev–Trinajstić information content (AvgIpc) is 1.97. The Morgan fingerprint density at radius 2 is 2.00 bits per heavy atom. The number of carbonyl (C=O) groups excluding carboxylic acids is 1. The predicted molar refractivity (Wildman–Crippen MR) is 42.0 cm³/mol. The minimum absolute atomic E-state index is 0.406. The molecule has 0 saturated carbocycles. The molecule has 0 saturated heterocycles. The number of carbonyl (C=O) groups is 1. The van der Waals surface area contributed by atoms with Crippen molar-refractivity contribution in [3.05, 3.63) is 19.1 Å². The van der Waals surface area contributed by atoms with E-state index < -0.39 is 33.5 Å². The molecule has 0 fully saturated rings. The first-order valence-corrected chi connectivity index (χ1v) is 4.55. The van der Waals surface area contributed by atoms with Crippen LogP contribution in [0.2, 0.25) is 0 Å². The second kappa shape index (κ2) is 3.93. The Bertz CT molecular complexity index is 345.